The Morgan fingerprint density at radius 1 is 1.31 bits per heavy atom. The number of nitrogens with one attached hydrogen (secondary N) is 2. The minimum absolute atomic E-state index is 0.277. The zero-order valence-corrected chi connectivity index (χ0v) is 17.1. The Labute approximate surface area is 167 Å². The number of hydrogen-bond acceptors (Lipinski definition) is 6. The van der Waals surface area contributed by atoms with Gasteiger partial charge in [0.05, 0.1) is 10.2 Å². The van der Waals surface area contributed by atoms with E-state index in [0.717, 1.165) is 14.7 Å². The van der Waals surface area contributed by atoms with Gasteiger partial charge in [0, 0.05) is 15.2 Å². The van der Waals surface area contributed by atoms with E-state index in [1.54, 1.807) is 44.2 Å². The summed E-state index contributed by atoms with van der Waals surface area (Å²) in [6.07, 6.45) is 0. The first-order chi connectivity index (χ1) is 12.3. The Morgan fingerprint density at radius 2 is 2.00 bits per heavy atom. The summed E-state index contributed by atoms with van der Waals surface area (Å²) in [5.41, 5.74) is 2.86. The molecule has 0 aliphatic heterocycles. The van der Waals surface area contributed by atoms with Crippen LogP contribution < -0.4 is 21.3 Å². The summed E-state index contributed by atoms with van der Waals surface area (Å²) in [6.45, 7) is 3.40. The normalized spacial score (nSPS) is 11.4. The van der Waals surface area contributed by atoms with Crippen molar-refractivity contribution in [1.82, 2.24) is 4.98 Å². The maximum absolute atomic E-state index is 12.7. The highest BCUT2D eigenvalue weighted by Gasteiger charge is 2.30. The van der Waals surface area contributed by atoms with Crippen molar-refractivity contribution in [3.8, 4) is 5.75 Å². The van der Waals surface area contributed by atoms with Crippen LogP contribution in [0.25, 0.3) is 10.2 Å². The van der Waals surface area contributed by atoms with E-state index in [4.69, 9.17) is 22.2 Å². The molecule has 1 aromatic heterocycles. The van der Waals surface area contributed by atoms with E-state index in [-0.39, 0.29) is 5.91 Å². The average molecular weight is 456 g/mol. The summed E-state index contributed by atoms with van der Waals surface area (Å²) in [5, 5.41) is 4.08. The van der Waals surface area contributed by atoms with E-state index in [2.05, 4.69) is 31.7 Å². The molecule has 0 saturated heterocycles. The molecule has 136 valence electrons. The lowest BCUT2D eigenvalue weighted by atomic mass is 10.1. The number of rotatable bonds is 5. The second kappa shape index (κ2) is 7.40. The number of carbonyl (C=O) groups excluding carboxylic acids is 1. The van der Waals surface area contributed by atoms with Crippen LogP contribution in [0, 0.1) is 0 Å². The van der Waals surface area contributed by atoms with Gasteiger partial charge in [-0.25, -0.2) is 10.8 Å². The van der Waals surface area contributed by atoms with Crippen LogP contribution in [0.3, 0.4) is 0 Å². The molecule has 0 spiro atoms. The zero-order chi connectivity index (χ0) is 18.9. The number of nitrogens with zero attached hydrogens (tertiary/aromatic N) is 1. The number of fused-ring (bicyclic) bond motifs is 1. The van der Waals surface area contributed by atoms with Gasteiger partial charge in [0.1, 0.15) is 5.75 Å². The Kier molecular flexibility index (Phi) is 5.38. The van der Waals surface area contributed by atoms with Gasteiger partial charge in [-0.15, -0.1) is 0 Å². The van der Waals surface area contributed by atoms with Crippen molar-refractivity contribution < 1.29 is 9.53 Å². The van der Waals surface area contributed by atoms with Gasteiger partial charge in [-0.2, -0.15) is 0 Å². The number of anilines is 2. The molecule has 0 aliphatic rings. The van der Waals surface area contributed by atoms with Gasteiger partial charge in [-0.05, 0) is 66.2 Å². The fourth-order valence-corrected chi connectivity index (χ4v) is 3.90. The third-order valence-electron chi connectivity index (χ3n) is 3.56. The number of nitrogens with two attached hydrogens (primary N) is 1. The van der Waals surface area contributed by atoms with Crippen molar-refractivity contribution >= 4 is 65.8 Å². The standard InChI is InChI=1S/C17H16BrClN4O2S/c1-17(2,25-11-5-3-9(19)4-6-11)15(24)21-10-7-12(18)14-13(8-10)26-16(22-14)23-20/h3-8H,20H2,1-2H3,(H,21,24)(H,22,23). The van der Waals surface area contributed by atoms with Crippen molar-refractivity contribution in [1.29, 1.82) is 0 Å². The molecule has 3 rings (SSSR count). The van der Waals surface area contributed by atoms with E-state index >= 15 is 0 Å². The Morgan fingerprint density at radius 3 is 2.65 bits per heavy atom. The van der Waals surface area contributed by atoms with Crippen LogP contribution in [0.5, 0.6) is 5.75 Å². The number of aromatic nitrogens is 1. The molecule has 0 atom stereocenters. The second-order valence-corrected chi connectivity index (χ2v) is 8.31. The van der Waals surface area contributed by atoms with Crippen LogP contribution in [0.15, 0.2) is 40.9 Å². The maximum Gasteiger partial charge on any atom is 0.267 e. The Bertz CT molecular complexity index is 959. The molecule has 1 heterocycles. The minimum Gasteiger partial charge on any atom is -0.478 e. The van der Waals surface area contributed by atoms with Gasteiger partial charge in [0.25, 0.3) is 5.91 Å². The third kappa shape index (κ3) is 4.09. The summed E-state index contributed by atoms with van der Waals surface area (Å²) < 4.78 is 7.46. The fraction of sp³-hybridized carbons (Fsp3) is 0.176. The number of hydrazine groups is 1. The van der Waals surface area contributed by atoms with Crippen LogP contribution in [-0.4, -0.2) is 16.5 Å². The summed E-state index contributed by atoms with van der Waals surface area (Å²) in [5.74, 6) is 5.70. The number of nitrogen functional groups attached to an aromatic ring is 1. The number of thiazole rings is 1. The van der Waals surface area contributed by atoms with E-state index in [1.165, 1.54) is 11.3 Å². The van der Waals surface area contributed by atoms with Crippen molar-refractivity contribution in [3.63, 3.8) is 0 Å². The van der Waals surface area contributed by atoms with Crippen LogP contribution in [0.1, 0.15) is 13.8 Å². The zero-order valence-electron chi connectivity index (χ0n) is 14.0. The van der Waals surface area contributed by atoms with Gasteiger partial charge in [-0.3, -0.25) is 10.2 Å². The van der Waals surface area contributed by atoms with Crippen LogP contribution >= 0.6 is 38.9 Å². The van der Waals surface area contributed by atoms with Crippen molar-refractivity contribution in [3.05, 3.63) is 45.9 Å². The van der Waals surface area contributed by atoms with Gasteiger partial charge < -0.3 is 10.1 Å². The first-order valence-corrected chi connectivity index (χ1v) is 9.60. The lowest BCUT2D eigenvalue weighted by Gasteiger charge is -2.25. The van der Waals surface area contributed by atoms with Crippen molar-refractivity contribution in [2.75, 3.05) is 10.7 Å². The molecule has 3 aromatic rings. The molecule has 9 heteroatoms. The first-order valence-electron chi connectivity index (χ1n) is 7.61. The third-order valence-corrected chi connectivity index (χ3v) is 5.35. The minimum atomic E-state index is -1.08. The number of carbonyl (C=O) groups is 1. The van der Waals surface area contributed by atoms with Crippen LogP contribution in [0.4, 0.5) is 10.8 Å². The van der Waals surface area contributed by atoms with Crippen molar-refractivity contribution in [2.45, 2.75) is 19.4 Å². The molecular weight excluding hydrogens is 440 g/mol. The highest BCUT2D eigenvalue weighted by Crippen LogP contribution is 2.34. The monoisotopic (exact) mass is 454 g/mol. The van der Waals surface area contributed by atoms with Gasteiger partial charge in [0.2, 0.25) is 0 Å². The first kappa shape index (κ1) is 18.9. The molecule has 1 amide bonds. The smallest absolute Gasteiger partial charge is 0.267 e. The quantitative estimate of drug-likeness (QED) is 0.380. The average Bonchev–Trinajstić information content (AvgIpc) is 3.00. The molecule has 2 aromatic carbocycles. The van der Waals surface area contributed by atoms with Crippen LogP contribution in [-0.2, 0) is 4.79 Å². The Hall–Kier alpha value is -1.87. The number of amides is 1. The molecule has 0 saturated carbocycles. The molecule has 0 aliphatic carbocycles. The molecule has 0 bridgehead atoms. The van der Waals surface area contributed by atoms with Gasteiger partial charge in [0.15, 0.2) is 10.7 Å². The number of hydrogen-bond donors (Lipinski definition) is 3. The topological polar surface area (TPSA) is 89.3 Å². The summed E-state index contributed by atoms with van der Waals surface area (Å²) >= 11 is 10.7. The molecule has 26 heavy (non-hydrogen) atoms. The summed E-state index contributed by atoms with van der Waals surface area (Å²) in [6, 6.07) is 10.5. The van der Waals surface area contributed by atoms with E-state index < -0.39 is 5.60 Å². The lowest BCUT2D eigenvalue weighted by molar-refractivity contribution is -0.128. The van der Waals surface area contributed by atoms with Gasteiger partial charge >= 0.3 is 0 Å². The highest BCUT2D eigenvalue weighted by molar-refractivity contribution is 9.10. The lowest BCUT2D eigenvalue weighted by Crippen LogP contribution is -2.42. The maximum atomic E-state index is 12.7. The number of ether oxygens (including phenoxy) is 1. The summed E-state index contributed by atoms with van der Waals surface area (Å²) in [7, 11) is 0. The van der Waals surface area contributed by atoms with Crippen molar-refractivity contribution in [2.24, 2.45) is 5.84 Å². The SMILES string of the molecule is CC(C)(Oc1ccc(Cl)cc1)C(=O)Nc1cc(Br)c2nc(NN)sc2c1. The fourth-order valence-electron chi connectivity index (χ4n) is 2.25. The highest BCUT2D eigenvalue weighted by atomic mass is 79.9. The summed E-state index contributed by atoms with van der Waals surface area (Å²) in [4.78, 5) is 17.0. The van der Waals surface area contributed by atoms with E-state index in [9.17, 15) is 4.79 Å². The molecule has 0 unspecified atom stereocenters. The van der Waals surface area contributed by atoms with Crippen LogP contribution in [0.2, 0.25) is 5.02 Å². The van der Waals surface area contributed by atoms with E-state index in [1.807, 2.05) is 6.07 Å². The Balaban J connectivity index is 1.79. The molecule has 0 fully saturated rings. The molecule has 4 N–H and O–H groups in total. The van der Waals surface area contributed by atoms with E-state index in [0.29, 0.717) is 21.6 Å². The second-order valence-electron chi connectivity index (χ2n) is 5.99. The molecular formula is C17H16BrClN4O2S. The molecule has 6 nitrogen and oxygen atoms in total. The predicted molar refractivity (Wildman–Crippen MR) is 110 cm³/mol. The largest absolute Gasteiger partial charge is 0.478 e. The number of benzene rings is 2. The van der Waals surface area contributed by atoms with Gasteiger partial charge in [-0.1, -0.05) is 22.9 Å². The molecule has 0 radical (unpaired) electrons. The number of halogens is 2. The predicted octanol–water partition coefficient (Wildman–Crippen LogP) is 4.79.